The summed E-state index contributed by atoms with van der Waals surface area (Å²) in [5.41, 5.74) is 1.13. The number of carbonyl (C=O) groups excluding carboxylic acids is 1. The van der Waals surface area contributed by atoms with Crippen molar-refractivity contribution in [3.8, 4) is 0 Å². The Hall–Kier alpha value is -1.46. The Morgan fingerprint density at radius 2 is 2.18 bits per heavy atom. The number of amides is 1. The summed E-state index contributed by atoms with van der Waals surface area (Å²) in [5.74, 6) is 0.171. The summed E-state index contributed by atoms with van der Waals surface area (Å²) < 4.78 is 0. The summed E-state index contributed by atoms with van der Waals surface area (Å²) in [7, 11) is 4.23. The molecule has 22 heavy (non-hydrogen) atoms. The van der Waals surface area contributed by atoms with Crippen LogP contribution in [-0.2, 0) is 11.2 Å². The van der Waals surface area contributed by atoms with Crippen molar-refractivity contribution in [3.05, 3.63) is 30.1 Å². The van der Waals surface area contributed by atoms with Crippen LogP contribution < -0.4 is 5.32 Å². The maximum atomic E-state index is 12.0. The summed E-state index contributed by atoms with van der Waals surface area (Å²) >= 11 is 0. The van der Waals surface area contributed by atoms with Crippen molar-refractivity contribution in [2.45, 2.75) is 31.7 Å². The third-order valence-corrected chi connectivity index (χ3v) is 4.31. The van der Waals surface area contributed by atoms with Crippen LogP contribution in [0.25, 0.3) is 0 Å². The van der Waals surface area contributed by atoms with Gasteiger partial charge in [0.05, 0.1) is 0 Å². The molecule has 0 aliphatic carbocycles. The van der Waals surface area contributed by atoms with Gasteiger partial charge in [0.2, 0.25) is 5.91 Å². The molecule has 0 radical (unpaired) electrons. The zero-order valence-corrected chi connectivity index (χ0v) is 13.8. The highest BCUT2D eigenvalue weighted by molar-refractivity contribution is 5.76. The monoisotopic (exact) mass is 304 g/mol. The van der Waals surface area contributed by atoms with Gasteiger partial charge in [-0.3, -0.25) is 9.78 Å². The first-order chi connectivity index (χ1) is 10.6. The van der Waals surface area contributed by atoms with E-state index in [1.165, 1.54) is 0 Å². The number of pyridine rings is 1. The molecule has 1 fully saturated rings. The number of rotatable bonds is 7. The topological polar surface area (TPSA) is 48.5 Å². The molecule has 0 spiro atoms. The van der Waals surface area contributed by atoms with Crippen molar-refractivity contribution >= 4 is 5.91 Å². The van der Waals surface area contributed by atoms with Crippen molar-refractivity contribution in [1.82, 2.24) is 20.1 Å². The van der Waals surface area contributed by atoms with Crippen molar-refractivity contribution in [2.75, 3.05) is 40.3 Å². The van der Waals surface area contributed by atoms with Crippen molar-refractivity contribution in [1.29, 1.82) is 0 Å². The first kappa shape index (κ1) is 16.9. The Labute approximate surface area is 133 Å². The lowest BCUT2D eigenvalue weighted by atomic mass is 10.1. The number of aryl methyl sites for hydroxylation is 1. The molecule has 1 amide bonds. The van der Waals surface area contributed by atoms with Crippen molar-refractivity contribution < 1.29 is 4.79 Å². The van der Waals surface area contributed by atoms with Gasteiger partial charge in [-0.2, -0.15) is 0 Å². The summed E-state index contributed by atoms with van der Waals surface area (Å²) in [6, 6.07) is 6.34. The minimum Gasteiger partial charge on any atom is -0.356 e. The fourth-order valence-corrected chi connectivity index (χ4v) is 2.81. The van der Waals surface area contributed by atoms with Crippen LogP contribution in [0.4, 0.5) is 0 Å². The lowest BCUT2D eigenvalue weighted by Gasteiger charge is -2.37. The van der Waals surface area contributed by atoms with Gasteiger partial charge in [0.15, 0.2) is 0 Å². The van der Waals surface area contributed by atoms with Crippen LogP contribution in [0.15, 0.2) is 24.4 Å². The van der Waals surface area contributed by atoms with Crippen molar-refractivity contribution in [3.63, 3.8) is 0 Å². The molecule has 1 saturated heterocycles. The van der Waals surface area contributed by atoms with Crippen LogP contribution in [0.2, 0.25) is 0 Å². The SMILES string of the molecule is CN1CCN(C)[C@@H](CC(=O)NCCCCc2ccccn2)C1. The summed E-state index contributed by atoms with van der Waals surface area (Å²) in [6.45, 7) is 3.86. The first-order valence-electron chi connectivity index (χ1n) is 8.20. The molecule has 0 unspecified atom stereocenters. The van der Waals surface area contributed by atoms with E-state index in [2.05, 4.69) is 34.2 Å². The second-order valence-corrected chi connectivity index (χ2v) is 6.23. The Morgan fingerprint density at radius 1 is 1.32 bits per heavy atom. The third-order valence-electron chi connectivity index (χ3n) is 4.31. The number of piperazine rings is 1. The number of hydrogen-bond donors (Lipinski definition) is 1. The molecule has 0 aromatic carbocycles. The third kappa shape index (κ3) is 5.73. The zero-order chi connectivity index (χ0) is 15.8. The van der Waals surface area contributed by atoms with Crippen LogP contribution >= 0.6 is 0 Å². The highest BCUT2D eigenvalue weighted by Gasteiger charge is 2.24. The van der Waals surface area contributed by atoms with Crippen LogP contribution in [0.3, 0.4) is 0 Å². The van der Waals surface area contributed by atoms with Gasteiger partial charge in [-0.05, 0) is 45.5 Å². The first-order valence-corrected chi connectivity index (χ1v) is 8.20. The molecule has 0 bridgehead atoms. The summed E-state index contributed by atoms with van der Waals surface area (Å²) in [6.07, 6.45) is 5.47. The highest BCUT2D eigenvalue weighted by atomic mass is 16.1. The van der Waals surface area contributed by atoms with Gasteiger partial charge in [0, 0.05) is 50.5 Å². The average Bonchev–Trinajstić information content (AvgIpc) is 2.51. The van der Waals surface area contributed by atoms with Gasteiger partial charge in [-0.1, -0.05) is 6.07 Å². The molecule has 2 rings (SSSR count). The van der Waals surface area contributed by atoms with E-state index in [0.717, 1.165) is 51.1 Å². The fourth-order valence-electron chi connectivity index (χ4n) is 2.81. The van der Waals surface area contributed by atoms with Gasteiger partial charge in [-0.25, -0.2) is 0 Å². The number of aromatic nitrogens is 1. The maximum Gasteiger partial charge on any atom is 0.221 e. The molecule has 0 saturated carbocycles. The second-order valence-electron chi connectivity index (χ2n) is 6.23. The van der Waals surface area contributed by atoms with Gasteiger partial charge in [0.25, 0.3) is 0 Å². The molecule has 5 heteroatoms. The zero-order valence-electron chi connectivity index (χ0n) is 13.8. The number of nitrogens with zero attached hydrogens (tertiary/aromatic N) is 3. The smallest absolute Gasteiger partial charge is 0.221 e. The van der Waals surface area contributed by atoms with Gasteiger partial charge in [0.1, 0.15) is 0 Å². The summed E-state index contributed by atoms with van der Waals surface area (Å²) in [4.78, 5) is 20.9. The van der Waals surface area contributed by atoms with E-state index in [1.54, 1.807) is 0 Å². The number of likely N-dealkylation sites (N-methyl/N-ethyl adjacent to an activating group) is 2. The largest absolute Gasteiger partial charge is 0.356 e. The van der Waals surface area contributed by atoms with E-state index in [9.17, 15) is 4.79 Å². The number of hydrogen-bond acceptors (Lipinski definition) is 4. The number of unbranched alkanes of at least 4 members (excludes halogenated alkanes) is 1. The van der Waals surface area contributed by atoms with E-state index in [1.807, 2.05) is 24.4 Å². The second kappa shape index (κ2) is 8.86. The Morgan fingerprint density at radius 3 is 2.95 bits per heavy atom. The highest BCUT2D eigenvalue weighted by Crippen LogP contribution is 2.09. The molecule has 1 aliphatic heterocycles. The van der Waals surface area contributed by atoms with Crippen LogP contribution in [0.1, 0.15) is 25.0 Å². The number of nitrogens with one attached hydrogen (secondary N) is 1. The molecule has 122 valence electrons. The van der Waals surface area contributed by atoms with E-state index in [0.29, 0.717) is 12.5 Å². The predicted octanol–water partition coefficient (Wildman–Crippen LogP) is 1.16. The predicted molar refractivity (Wildman–Crippen MR) is 88.7 cm³/mol. The lowest BCUT2D eigenvalue weighted by Crippen LogP contribution is -2.51. The van der Waals surface area contributed by atoms with Crippen LogP contribution in [-0.4, -0.2) is 67.0 Å². The standard InChI is InChI=1S/C17H28N4O/c1-20-11-12-21(2)16(14-20)13-17(22)19-10-6-4-8-15-7-3-5-9-18-15/h3,5,7,9,16H,4,6,8,10-14H2,1-2H3,(H,19,22)/t16-/m0/s1. The Kier molecular flexibility index (Phi) is 6.80. The Balaban J connectivity index is 1.57. The normalized spacial score (nSPS) is 20.0. The Bertz CT molecular complexity index is 451. The molecular formula is C17H28N4O. The average molecular weight is 304 g/mol. The molecule has 1 aliphatic rings. The maximum absolute atomic E-state index is 12.0. The minimum absolute atomic E-state index is 0.171. The molecule has 1 aromatic rings. The lowest BCUT2D eigenvalue weighted by molar-refractivity contribution is -0.122. The quantitative estimate of drug-likeness (QED) is 0.768. The molecule has 5 nitrogen and oxygen atoms in total. The minimum atomic E-state index is 0.171. The molecular weight excluding hydrogens is 276 g/mol. The number of carbonyl (C=O) groups is 1. The van der Waals surface area contributed by atoms with Gasteiger partial charge >= 0.3 is 0 Å². The summed E-state index contributed by atoms with van der Waals surface area (Å²) in [5, 5.41) is 3.05. The van der Waals surface area contributed by atoms with Crippen molar-refractivity contribution in [2.24, 2.45) is 0 Å². The van der Waals surface area contributed by atoms with Gasteiger partial charge in [-0.15, -0.1) is 0 Å². The van der Waals surface area contributed by atoms with Gasteiger partial charge < -0.3 is 15.1 Å². The molecule has 1 N–H and O–H groups in total. The van der Waals surface area contributed by atoms with E-state index < -0.39 is 0 Å². The van der Waals surface area contributed by atoms with E-state index in [-0.39, 0.29) is 5.91 Å². The van der Waals surface area contributed by atoms with Crippen LogP contribution in [0.5, 0.6) is 0 Å². The van der Waals surface area contributed by atoms with E-state index in [4.69, 9.17) is 0 Å². The fraction of sp³-hybridized carbons (Fsp3) is 0.647. The molecule has 1 atom stereocenters. The van der Waals surface area contributed by atoms with E-state index >= 15 is 0 Å². The molecule has 2 heterocycles. The van der Waals surface area contributed by atoms with Crippen LogP contribution in [0, 0.1) is 0 Å². The molecule has 1 aromatic heterocycles.